The van der Waals surface area contributed by atoms with Crippen molar-refractivity contribution in [2.45, 2.75) is 30.7 Å². The Labute approximate surface area is 83.2 Å². The molecule has 0 saturated carbocycles. The Balaban J connectivity index is 2.02. The highest BCUT2D eigenvalue weighted by Gasteiger charge is 2.57. The lowest BCUT2D eigenvalue weighted by Crippen LogP contribution is -2.51. The minimum Gasteiger partial charge on any atom is -0.382 e. The van der Waals surface area contributed by atoms with Crippen LogP contribution in [-0.2, 0) is 23.7 Å². The van der Waals surface area contributed by atoms with Crippen molar-refractivity contribution >= 4 is 0 Å². The summed E-state index contributed by atoms with van der Waals surface area (Å²) in [5, 5.41) is 0. The highest BCUT2D eigenvalue weighted by molar-refractivity contribution is 4.99. The topological polar surface area (TPSA) is 49.5 Å². The number of rotatable bonds is 4. The molecule has 2 aliphatic heterocycles. The van der Waals surface area contributed by atoms with Crippen molar-refractivity contribution < 1.29 is 23.7 Å². The highest BCUT2D eigenvalue weighted by Crippen LogP contribution is 2.38. The van der Waals surface area contributed by atoms with Gasteiger partial charge >= 0.3 is 0 Å². The zero-order chi connectivity index (χ0) is 10.1. The molecule has 2 aliphatic rings. The summed E-state index contributed by atoms with van der Waals surface area (Å²) in [7, 11) is 4.94. The van der Waals surface area contributed by atoms with Gasteiger partial charge in [-0.3, -0.25) is 0 Å². The molecule has 0 aromatic carbocycles. The molecule has 0 aromatic rings. The Morgan fingerprint density at radius 3 is 2.29 bits per heavy atom. The molecule has 0 amide bonds. The van der Waals surface area contributed by atoms with Crippen LogP contribution >= 0.6 is 0 Å². The summed E-state index contributed by atoms with van der Waals surface area (Å²) in [6, 6.07) is 0. The van der Waals surface area contributed by atoms with Gasteiger partial charge in [0.25, 0.3) is 0 Å². The molecule has 0 bridgehead atoms. The van der Waals surface area contributed by atoms with E-state index in [0.717, 1.165) is 0 Å². The third-order valence-electron chi connectivity index (χ3n) is 2.68. The fourth-order valence-electron chi connectivity index (χ4n) is 1.95. The van der Waals surface area contributed by atoms with E-state index in [9.17, 15) is 0 Å². The molecule has 14 heavy (non-hydrogen) atoms. The van der Waals surface area contributed by atoms with E-state index in [0.29, 0.717) is 6.61 Å². The first kappa shape index (κ1) is 10.3. The van der Waals surface area contributed by atoms with Crippen molar-refractivity contribution in [3.63, 3.8) is 0 Å². The van der Waals surface area contributed by atoms with E-state index in [4.69, 9.17) is 23.7 Å². The molecule has 5 nitrogen and oxygen atoms in total. The summed E-state index contributed by atoms with van der Waals surface area (Å²) < 4.78 is 26.6. The number of epoxide rings is 1. The molecular weight excluding hydrogens is 188 g/mol. The average molecular weight is 204 g/mol. The summed E-state index contributed by atoms with van der Waals surface area (Å²) >= 11 is 0. The Hall–Kier alpha value is -0.200. The molecule has 2 heterocycles. The Morgan fingerprint density at radius 1 is 1.00 bits per heavy atom. The third-order valence-corrected chi connectivity index (χ3v) is 2.68. The number of methoxy groups -OCH3 is 3. The van der Waals surface area contributed by atoms with Gasteiger partial charge in [-0.25, -0.2) is 0 Å². The number of hydrogen-bond acceptors (Lipinski definition) is 5. The van der Waals surface area contributed by atoms with Crippen LogP contribution in [0.4, 0.5) is 0 Å². The lowest BCUT2D eigenvalue weighted by molar-refractivity contribution is -0.166. The maximum Gasteiger partial charge on any atom is 0.187 e. The third kappa shape index (κ3) is 1.66. The average Bonchev–Trinajstić information content (AvgIpc) is 2.94. The zero-order valence-electron chi connectivity index (χ0n) is 8.64. The Kier molecular flexibility index (Phi) is 3.04. The predicted molar refractivity (Wildman–Crippen MR) is 47.0 cm³/mol. The van der Waals surface area contributed by atoms with Gasteiger partial charge in [0.15, 0.2) is 6.29 Å². The standard InChI is InChI=1S/C9H16O5/c1-10-4-5-6(11-2)7(12-3)8-9(13-5)14-8/h5-9H,4H2,1-3H3/t5-,6-,7+,8-,9+/m1/s1. The molecule has 2 saturated heterocycles. The second-order valence-corrected chi connectivity index (χ2v) is 3.50. The van der Waals surface area contributed by atoms with Gasteiger partial charge in [0.05, 0.1) is 6.61 Å². The lowest BCUT2D eigenvalue weighted by Gasteiger charge is -2.33. The summed E-state index contributed by atoms with van der Waals surface area (Å²) in [6.07, 6.45) is -0.397. The first-order valence-corrected chi connectivity index (χ1v) is 4.67. The smallest absolute Gasteiger partial charge is 0.187 e. The van der Waals surface area contributed by atoms with Crippen LogP contribution in [0.1, 0.15) is 0 Å². The van der Waals surface area contributed by atoms with Gasteiger partial charge in [-0.2, -0.15) is 0 Å². The second-order valence-electron chi connectivity index (χ2n) is 3.50. The monoisotopic (exact) mass is 204 g/mol. The van der Waals surface area contributed by atoms with Gasteiger partial charge in [-0.15, -0.1) is 0 Å². The van der Waals surface area contributed by atoms with Gasteiger partial charge in [0.2, 0.25) is 0 Å². The fraction of sp³-hybridized carbons (Fsp3) is 1.00. The SMILES string of the molecule is COC[C@H]1O[C@H]2O[C@@H]2[C@@H](OC)[C@@H]1OC. The van der Waals surface area contributed by atoms with Crippen LogP contribution in [0.15, 0.2) is 0 Å². The van der Waals surface area contributed by atoms with Gasteiger partial charge in [-0.1, -0.05) is 0 Å². The van der Waals surface area contributed by atoms with E-state index < -0.39 is 0 Å². The molecular formula is C9H16O5. The number of ether oxygens (including phenoxy) is 5. The highest BCUT2D eigenvalue weighted by atomic mass is 16.8. The number of hydrogen-bond donors (Lipinski definition) is 0. The molecule has 2 fully saturated rings. The lowest BCUT2D eigenvalue weighted by atomic mass is 10.0. The molecule has 2 rings (SSSR count). The molecule has 0 aromatic heterocycles. The maximum absolute atomic E-state index is 5.58. The van der Waals surface area contributed by atoms with E-state index >= 15 is 0 Å². The Bertz CT molecular complexity index is 198. The minimum absolute atomic E-state index is 0.0260. The zero-order valence-corrected chi connectivity index (χ0v) is 8.64. The summed E-state index contributed by atoms with van der Waals surface area (Å²) in [5.74, 6) is 0. The molecule has 82 valence electrons. The molecule has 0 radical (unpaired) electrons. The van der Waals surface area contributed by atoms with Crippen LogP contribution in [0, 0.1) is 0 Å². The van der Waals surface area contributed by atoms with E-state index in [1.165, 1.54) is 0 Å². The van der Waals surface area contributed by atoms with E-state index in [1.54, 1.807) is 21.3 Å². The predicted octanol–water partition coefficient (Wildman–Crippen LogP) is -0.214. The van der Waals surface area contributed by atoms with Crippen LogP contribution in [0.3, 0.4) is 0 Å². The maximum atomic E-state index is 5.58. The normalized spacial score (nSPS) is 46.1. The van der Waals surface area contributed by atoms with Crippen LogP contribution < -0.4 is 0 Å². The first-order chi connectivity index (χ1) is 6.81. The number of fused-ring (bicyclic) bond motifs is 1. The molecule has 5 heteroatoms. The summed E-state index contributed by atoms with van der Waals surface area (Å²) in [5.41, 5.74) is 0. The van der Waals surface area contributed by atoms with Crippen LogP contribution in [0.2, 0.25) is 0 Å². The van der Waals surface area contributed by atoms with Gasteiger partial charge in [0, 0.05) is 21.3 Å². The first-order valence-electron chi connectivity index (χ1n) is 4.67. The van der Waals surface area contributed by atoms with Crippen molar-refractivity contribution in [3.05, 3.63) is 0 Å². The van der Waals surface area contributed by atoms with Crippen LogP contribution in [0.5, 0.6) is 0 Å². The van der Waals surface area contributed by atoms with Crippen molar-refractivity contribution in [1.82, 2.24) is 0 Å². The van der Waals surface area contributed by atoms with Crippen LogP contribution in [-0.4, -0.2) is 58.6 Å². The van der Waals surface area contributed by atoms with Gasteiger partial charge < -0.3 is 23.7 Å². The second kappa shape index (κ2) is 4.12. The molecule has 0 spiro atoms. The van der Waals surface area contributed by atoms with Crippen LogP contribution in [0.25, 0.3) is 0 Å². The molecule has 0 N–H and O–H groups in total. The van der Waals surface area contributed by atoms with Crippen molar-refractivity contribution in [1.29, 1.82) is 0 Å². The molecule has 0 aliphatic carbocycles. The van der Waals surface area contributed by atoms with Crippen molar-refractivity contribution in [2.75, 3.05) is 27.9 Å². The van der Waals surface area contributed by atoms with Gasteiger partial charge in [0.1, 0.15) is 24.4 Å². The summed E-state index contributed by atoms with van der Waals surface area (Å²) in [6.45, 7) is 0.491. The van der Waals surface area contributed by atoms with Crippen molar-refractivity contribution in [2.24, 2.45) is 0 Å². The van der Waals surface area contributed by atoms with Crippen molar-refractivity contribution in [3.8, 4) is 0 Å². The molecule has 0 unspecified atom stereocenters. The minimum atomic E-state index is -0.133. The van der Waals surface area contributed by atoms with E-state index in [-0.39, 0.29) is 30.7 Å². The van der Waals surface area contributed by atoms with Gasteiger partial charge in [-0.05, 0) is 0 Å². The van der Waals surface area contributed by atoms with E-state index in [1.807, 2.05) is 0 Å². The Morgan fingerprint density at radius 2 is 1.71 bits per heavy atom. The largest absolute Gasteiger partial charge is 0.382 e. The van der Waals surface area contributed by atoms with E-state index in [2.05, 4.69) is 0 Å². The fourth-order valence-corrected chi connectivity index (χ4v) is 1.95. The quantitative estimate of drug-likeness (QED) is 0.593. The molecule has 5 atom stereocenters. The summed E-state index contributed by atoms with van der Waals surface area (Å²) in [4.78, 5) is 0.